The van der Waals surface area contributed by atoms with Gasteiger partial charge < -0.3 is 4.90 Å². The summed E-state index contributed by atoms with van der Waals surface area (Å²) in [5, 5.41) is 0. The van der Waals surface area contributed by atoms with Gasteiger partial charge in [-0.3, -0.25) is 9.52 Å². The molecule has 1 aromatic carbocycles. The average Bonchev–Trinajstić information content (AvgIpc) is 2.69. The molecule has 24 heavy (non-hydrogen) atoms. The molecule has 2 aliphatic carbocycles. The number of benzene rings is 1. The first-order valence-corrected chi connectivity index (χ1v) is 10.7. The molecule has 5 rings (SSSR count). The van der Waals surface area contributed by atoms with Crippen molar-refractivity contribution in [2.45, 2.75) is 38.1 Å². The van der Waals surface area contributed by atoms with Crippen LogP contribution in [0.3, 0.4) is 0 Å². The Morgan fingerprint density at radius 1 is 1.00 bits per heavy atom. The second-order valence-electron chi connectivity index (χ2n) is 7.84. The second kappa shape index (κ2) is 5.76. The van der Waals surface area contributed by atoms with Crippen LogP contribution in [0, 0.1) is 17.8 Å². The Morgan fingerprint density at radius 3 is 2.17 bits per heavy atom. The maximum Gasteiger partial charge on any atom is 0.254 e. The summed E-state index contributed by atoms with van der Waals surface area (Å²) < 4.78 is 25.0. The molecule has 4 fully saturated rings. The van der Waals surface area contributed by atoms with Gasteiger partial charge in [0.05, 0.1) is 6.26 Å². The molecular weight excluding hydrogens is 324 g/mol. The third-order valence-corrected chi connectivity index (χ3v) is 6.41. The average molecular weight is 348 g/mol. The van der Waals surface area contributed by atoms with Crippen molar-refractivity contribution in [3.05, 3.63) is 29.8 Å². The molecule has 130 valence electrons. The Labute approximate surface area is 143 Å². The number of rotatable bonds is 3. The zero-order valence-corrected chi connectivity index (χ0v) is 14.8. The van der Waals surface area contributed by atoms with Gasteiger partial charge in [0.2, 0.25) is 10.0 Å². The summed E-state index contributed by atoms with van der Waals surface area (Å²) in [6.45, 7) is 0.889. The largest absolute Gasteiger partial charge is 0.335 e. The fourth-order valence-corrected chi connectivity index (χ4v) is 5.66. The SMILES string of the molecule is CS(=O)(=O)Nc1ccc(C(=O)N2CC3CC4CC(C3)CC2C4)cc1. The zero-order chi connectivity index (χ0) is 16.9. The topological polar surface area (TPSA) is 66.5 Å². The van der Waals surface area contributed by atoms with Gasteiger partial charge in [0.25, 0.3) is 5.91 Å². The van der Waals surface area contributed by atoms with E-state index in [1.165, 1.54) is 19.3 Å². The van der Waals surface area contributed by atoms with Gasteiger partial charge in [-0.25, -0.2) is 8.42 Å². The fraction of sp³-hybridized carbons (Fsp3) is 0.611. The molecule has 5 nitrogen and oxygen atoms in total. The minimum absolute atomic E-state index is 0.0964. The number of amides is 1. The summed E-state index contributed by atoms with van der Waals surface area (Å²) in [5.74, 6) is 2.38. The van der Waals surface area contributed by atoms with Crippen LogP contribution < -0.4 is 4.72 Å². The number of carbonyl (C=O) groups excluding carboxylic acids is 1. The first-order valence-electron chi connectivity index (χ1n) is 8.76. The molecule has 0 aromatic heterocycles. The molecular formula is C18H24N2O3S. The van der Waals surface area contributed by atoms with Gasteiger partial charge >= 0.3 is 0 Å². The van der Waals surface area contributed by atoms with Gasteiger partial charge in [0.15, 0.2) is 0 Å². The van der Waals surface area contributed by atoms with Gasteiger partial charge in [0, 0.05) is 23.8 Å². The Balaban J connectivity index is 1.53. The number of nitrogens with zero attached hydrogens (tertiary/aromatic N) is 1. The van der Waals surface area contributed by atoms with E-state index < -0.39 is 10.0 Å². The molecule has 4 aliphatic rings. The zero-order valence-electron chi connectivity index (χ0n) is 13.9. The van der Waals surface area contributed by atoms with Crippen LogP contribution in [0.1, 0.15) is 42.5 Å². The van der Waals surface area contributed by atoms with Crippen LogP contribution >= 0.6 is 0 Å². The van der Waals surface area contributed by atoms with Gasteiger partial charge in [0.1, 0.15) is 0 Å². The third kappa shape index (κ3) is 3.16. The van der Waals surface area contributed by atoms with Crippen molar-refractivity contribution in [1.29, 1.82) is 0 Å². The van der Waals surface area contributed by atoms with Crippen LogP contribution in [-0.2, 0) is 10.0 Å². The minimum Gasteiger partial charge on any atom is -0.335 e. The normalized spacial score (nSPS) is 31.8. The molecule has 1 amide bonds. The summed E-state index contributed by atoms with van der Waals surface area (Å²) in [6.07, 6.45) is 7.37. The molecule has 2 unspecified atom stereocenters. The van der Waals surface area contributed by atoms with Crippen molar-refractivity contribution in [3.8, 4) is 0 Å². The first kappa shape index (κ1) is 15.9. The van der Waals surface area contributed by atoms with Gasteiger partial charge in [-0.1, -0.05) is 0 Å². The van der Waals surface area contributed by atoms with Crippen molar-refractivity contribution in [3.63, 3.8) is 0 Å². The van der Waals surface area contributed by atoms with E-state index in [-0.39, 0.29) is 5.91 Å². The van der Waals surface area contributed by atoms with Crippen LogP contribution in [0.4, 0.5) is 5.69 Å². The van der Waals surface area contributed by atoms with Crippen molar-refractivity contribution >= 4 is 21.6 Å². The highest BCUT2D eigenvalue weighted by Gasteiger charge is 2.44. The number of hydrogen-bond acceptors (Lipinski definition) is 3. The standard InChI is InChI=1S/C18H24N2O3S/c1-24(22,23)19-16-4-2-15(3-5-16)18(21)20-11-14-7-12-6-13(8-14)10-17(20)9-12/h2-5,12-14,17,19H,6-11H2,1H3. The lowest BCUT2D eigenvalue weighted by molar-refractivity contribution is 0.0632. The lowest BCUT2D eigenvalue weighted by Gasteiger charge is -2.39. The van der Waals surface area contributed by atoms with Crippen molar-refractivity contribution in [2.75, 3.05) is 17.5 Å². The number of fused-ring (bicyclic) bond motifs is 1. The maximum atomic E-state index is 13.0. The lowest BCUT2D eigenvalue weighted by atomic mass is 9.68. The molecule has 2 heterocycles. The van der Waals surface area contributed by atoms with E-state index >= 15 is 0 Å². The van der Waals surface area contributed by atoms with E-state index in [1.807, 2.05) is 0 Å². The predicted molar refractivity (Wildman–Crippen MR) is 93.3 cm³/mol. The van der Waals surface area contributed by atoms with E-state index in [0.717, 1.165) is 37.5 Å². The molecule has 2 aliphatic heterocycles. The minimum atomic E-state index is -3.29. The Bertz CT molecular complexity index is 730. The molecule has 1 N–H and O–H groups in total. The summed E-state index contributed by atoms with van der Waals surface area (Å²) in [7, 11) is -3.29. The first-order chi connectivity index (χ1) is 11.4. The summed E-state index contributed by atoms with van der Waals surface area (Å²) in [5.41, 5.74) is 1.14. The summed E-state index contributed by atoms with van der Waals surface area (Å²) in [6, 6.07) is 7.17. The van der Waals surface area contributed by atoms with E-state index in [4.69, 9.17) is 0 Å². The van der Waals surface area contributed by atoms with Crippen molar-refractivity contribution in [2.24, 2.45) is 17.8 Å². The third-order valence-electron chi connectivity index (χ3n) is 5.80. The van der Waals surface area contributed by atoms with Crippen LogP contribution in [0.2, 0.25) is 0 Å². The van der Waals surface area contributed by atoms with Crippen LogP contribution in [0.15, 0.2) is 24.3 Å². The van der Waals surface area contributed by atoms with E-state index in [9.17, 15) is 13.2 Å². The fourth-order valence-electron chi connectivity index (χ4n) is 5.09. The number of carbonyl (C=O) groups is 1. The highest BCUT2D eigenvalue weighted by atomic mass is 32.2. The molecule has 6 heteroatoms. The number of anilines is 1. The monoisotopic (exact) mass is 348 g/mol. The molecule has 0 radical (unpaired) electrons. The smallest absolute Gasteiger partial charge is 0.254 e. The number of hydrogen-bond donors (Lipinski definition) is 1. The number of sulfonamides is 1. The Morgan fingerprint density at radius 2 is 1.58 bits per heavy atom. The number of nitrogens with one attached hydrogen (secondary N) is 1. The maximum absolute atomic E-state index is 13.0. The van der Waals surface area contributed by atoms with Gasteiger partial charge in [-0.05, 0) is 74.1 Å². The van der Waals surface area contributed by atoms with Crippen molar-refractivity contribution < 1.29 is 13.2 Å². The van der Waals surface area contributed by atoms with Crippen LogP contribution in [0.5, 0.6) is 0 Å². The molecule has 2 saturated heterocycles. The molecule has 4 bridgehead atoms. The van der Waals surface area contributed by atoms with E-state index in [2.05, 4.69) is 9.62 Å². The Hall–Kier alpha value is -1.56. The Kier molecular flexibility index (Phi) is 3.82. The van der Waals surface area contributed by atoms with E-state index in [1.54, 1.807) is 24.3 Å². The van der Waals surface area contributed by atoms with Crippen LogP contribution in [0.25, 0.3) is 0 Å². The second-order valence-corrected chi connectivity index (χ2v) is 9.59. The lowest BCUT2D eigenvalue weighted by Crippen LogP contribution is -2.42. The van der Waals surface area contributed by atoms with E-state index in [0.29, 0.717) is 23.2 Å². The predicted octanol–water partition coefficient (Wildman–Crippen LogP) is 2.71. The molecule has 0 spiro atoms. The van der Waals surface area contributed by atoms with Gasteiger partial charge in [-0.15, -0.1) is 0 Å². The highest BCUT2D eigenvalue weighted by molar-refractivity contribution is 7.92. The quantitative estimate of drug-likeness (QED) is 0.913. The van der Waals surface area contributed by atoms with Gasteiger partial charge in [-0.2, -0.15) is 0 Å². The van der Waals surface area contributed by atoms with Crippen LogP contribution in [-0.4, -0.2) is 38.1 Å². The molecule has 1 aromatic rings. The molecule has 2 atom stereocenters. The summed E-state index contributed by atoms with van der Waals surface area (Å²) in [4.78, 5) is 15.1. The molecule has 2 saturated carbocycles. The highest BCUT2D eigenvalue weighted by Crippen LogP contribution is 2.47. The van der Waals surface area contributed by atoms with Crippen molar-refractivity contribution in [1.82, 2.24) is 4.90 Å². The summed E-state index contributed by atoms with van der Waals surface area (Å²) >= 11 is 0.